The van der Waals surface area contributed by atoms with E-state index in [1.54, 1.807) is 54.6 Å². The molecule has 0 radical (unpaired) electrons. The summed E-state index contributed by atoms with van der Waals surface area (Å²) < 4.78 is 19.0. The van der Waals surface area contributed by atoms with E-state index in [-0.39, 0.29) is 11.3 Å². The number of aliphatic hydroxyl groups excluding tert-OH is 1. The van der Waals surface area contributed by atoms with E-state index in [0.29, 0.717) is 29.2 Å². The van der Waals surface area contributed by atoms with Gasteiger partial charge in [-0.25, -0.2) is 4.39 Å². The first-order valence-corrected chi connectivity index (χ1v) is 9.86. The van der Waals surface area contributed by atoms with Crippen molar-refractivity contribution in [2.24, 2.45) is 0 Å². The van der Waals surface area contributed by atoms with E-state index in [1.807, 2.05) is 6.92 Å². The largest absolute Gasteiger partial charge is 0.507 e. The summed E-state index contributed by atoms with van der Waals surface area (Å²) in [6, 6.07) is 19.9. The molecule has 0 aliphatic carbocycles. The van der Waals surface area contributed by atoms with Crippen molar-refractivity contribution in [1.29, 1.82) is 0 Å². The molecule has 156 valence electrons. The SMILES string of the molecule is CCOc1ccc(N2C(=O)C(=O)/C(=C(\O)c3ccccc3)C2c2ccc(F)cc2)cc1. The highest BCUT2D eigenvalue weighted by Gasteiger charge is 2.46. The number of ether oxygens (including phenoxy) is 1. The highest BCUT2D eigenvalue weighted by molar-refractivity contribution is 6.51. The molecule has 3 aromatic carbocycles. The van der Waals surface area contributed by atoms with E-state index < -0.39 is 23.5 Å². The van der Waals surface area contributed by atoms with Crippen molar-refractivity contribution in [2.75, 3.05) is 11.5 Å². The van der Waals surface area contributed by atoms with Crippen LogP contribution in [0.15, 0.2) is 84.4 Å². The number of rotatable bonds is 5. The number of hydrogen-bond acceptors (Lipinski definition) is 4. The molecule has 3 aromatic rings. The van der Waals surface area contributed by atoms with Crippen LogP contribution in [0.3, 0.4) is 0 Å². The van der Waals surface area contributed by atoms with Crippen LogP contribution in [0.2, 0.25) is 0 Å². The van der Waals surface area contributed by atoms with Crippen molar-refractivity contribution in [2.45, 2.75) is 13.0 Å². The minimum absolute atomic E-state index is 0.0447. The third-order valence-electron chi connectivity index (χ3n) is 5.10. The van der Waals surface area contributed by atoms with E-state index in [9.17, 15) is 19.1 Å². The molecular weight excluding hydrogens is 397 g/mol. The quantitative estimate of drug-likeness (QED) is 0.366. The number of nitrogens with zero attached hydrogens (tertiary/aromatic N) is 1. The summed E-state index contributed by atoms with van der Waals surface area (Å²) in [5.74, 6) is -1.66. The number of ketones is 1. The normalized spacial score (nSPS) is 17.7. The number of carbonyl (C=O) groups is 2. The first-order chi connectivity index (χ1) is 15.0. The van der Waals surface area contributed by atoms with Crippen molar-refractivity contribution < 1.29 is 23.8 Å². The minimum Gasteiger partial charge on any atom is -0.507 e. The summed E-state index contributed by atoms with van der Waals surface area (Å²) in [6.45, 7) is 2.36. The lowest BCUT2D eigenvalue weighted by molar-refractivity contribution is -0.132. The van der Waals surface area contributed by atoms with Crippen molar-refractivity contribution in [3.8, 4) is 5.75 Å². The van der Waals surface area contributed by atoms with E-state index in [1.165, 1.54) is 29.2 Å². The number of anilines is 1. The fraction of sp³-hybridized carbons (Fsp3) is 0.120. The Labute approximate surface area is 179 Å². The monoisotopic (exact) mass is 417 g/mol. The number of amides is 1. The van der Waals surface area contributed by atoms with Crippen LogP contribution in [0, 0.1) is 5.82 Å². The Balaban J connectivity index is 1.88. The van der Waals surface area contributed by atoms with Crippen LogP contribution >= 0.6 is 0 Å². The number of benzene rings is 3. The molecule has 0 saturated carbocycles. The van der Waals surface area contributed by atoms with Crippen LogP contribution in [0.5, 0.6) is 5.75 Å². The van der Waals surface area contributed by atoms with Crippen LogP contribution in [0.25, 0.3) is 5.76 Å². The van der Waals surface area contributed by atoms with Crippen LogP contribution in [0.1, 0.15) is 24.1 Å². The Morgan fingerprint density at radius 2 is 1.61 bits per heavy atom. The molecule has 1 N–H and O–H groups in total. The molecule has 1 aliphatic rings. The van der Waals surface area contributed by atoms with Gasteiger partial charge in [-0.05, 0) is 48.9 Å². The summed E-state index contributed by atoms with van der Waals surface area (Å²) in [5, 5.41) is 11.0. The van der Waals surface area contributed by atoms with Crippen molar-refractivity contribution >= 4 is 23.1 Å². The molecular formula is C25H20FNO4. The lowest BCUT2D eigenvalue weighted by Crippen LogP contribution is -2.29. The second kappa shape index (κ2) is 8.44. The summed E-state index contributed by atoms with van der Waals surface area (Å²) in [6.07, 6.45) is 0. The zero-order chi connectivity index (χ0) is 22.0. The Kier molecular flexibility index (Phi) is 5.54. The molecule has 1 saturated heterocycles. The van der Waals surface area contributed by atoms with Gasteiger partial charge in [-0.1, -0.05) is 42.5 Å². The topological polar surface area (TPSA) is 66.8 Å². The molecule has 0 aromatic heterocycles. The van der Waals surface area contributed by atoms with E-state index in [2.05, 4.69) is 0 Å². The fourth-order valence-electron chi connectivity index (χ4n) is 3.68. The standard InChI is InChI=1S/C25H20FNO4/c1-2-31-20-14-12-19(13-15-20)27-22(16-8-10-18(26)11-9-16)21(24(29)25(27)30)23(28)17-6-4-3-5-7-17/h3-15,22,28H,2H2,1H3/b23-21-. The van der Waals surface area contributed by atoms with Gasteiger partial charge in [-0.15, -0.1) is 0 Å². The zero-order valence-corrected chi connectivity index (χ0v) is 16.8. The molecule has 31 heavy (non-hydrogen) atoms. The molecule has 5 nitrogen and oxygen atoms in total. The maximum Gasteiger partial charge on any atom is 0.300 e. The van der Waals surface area contributed by atoms with Crippen LogP contribution in [-0.4, -0.2) is 23.4 Å². The summed E-state index contributed by atoms with van der Waals surface area (Å²) >= 11 is 0. The first-order valence-electron chi connectivity index (χ1n) is 9.86. The highest BCUT2D eigenvalue weighted by atomic mass is 19.1. The Bertz CT molecular complexity index is 1140. The third-order valence-corrected chi connectivity index (χ3v) is 5.10. The maximum absolute atomic E-state index is 13.6. The van der Waals surface area contributed by atoms with E-state index in [4.69, 9.17) is 4.74 Å². The average molecular weight is 417 g/mol. The van der Waals surface area contributed by atoms with Gasteiger partial charge in [0.15, 0.2) is 0 Å². The molecule has 1 amide bonds. The number of carbonyl (C=O) groups excluding carboxylic acids is 2. The van der Waals surface area contributed by atoms with Crippen LogP contribution < -0.4 is 9.64 Å². The lowest BCUT2D eigenvalue weighted by atomic mass is 9.95. The Hall–Kier alpha value is -3.93. The Morgan fingerprint density at radius 3 is 2.23 bits per heavy atom. The van der Waals surface area contributed by atoms with Crippen molar-refractivity contribution in [1.82, 2.24) is 0 Å². The van der Waals surface area contributed by atoms with Crippen LogP contribution in [-0.2, 0) is 9.59 Å². The number of Topliss-reactive ketones (excluding diaryl/α,β-unsaturated/α-hetero) is 1. The third kappa shape index (κ3) is 3.80. The fourth-order valence-corrected chi connectivity index (χ4v) is 3.68. The van der Waals surface area contributed by atoms with Gasteiger partial charge in [0.25, 0.3) is 11.7 Å². The zero-order valence-electron chi connectivity index (χ0n) is 16.8. The lowest BCUT2D eigenvalue weighted by Gasteiger charge is -2.25. The van der Waals surface area contributed by atoms with Gasteiger partial charge < -0.3 is 9.84 Å². The second-order valence-electron chi connectivity index (χ2n) is 7.01. The summed E-state index contributed by atoms with van der Waals surface area (Å²) in [7, 11) is 0. The predicted octanol–water partition coefficient (Wildman–Crippen LogP) is 4.85. The van der Waals surface area contributed by atoms with Crippen molar-refractivity contribution in [3.63, 3.8) is 0 Å². The average Bonchev–Trinajstić information content (AvgIpc) is 3.06. The van der Waals surface area contributed by atoms with Gasteiger partial charge in [0.2, 0.25) is 0 Å². The van der Waals surface area contributed by atoms with Gasteiger partial charge in [-0.2, -0.15) is 0 Å². The molecule has 1 unspecified atom stereocenters. The Morgan fingerprint density at radius 1 is 0.968 bits per heavy atom. The molecule has 4 rings (SSSR count). The highest BCUT2D eigenvalue weighted by Crippen LogP contribution is 2.42. The van der Waals surface area contributed by atoms with Gasteiger partial charge in [-0.3, -0.25) is 14.5 Å². The molecule has 1 aliphatic heterocycles. The summed E-state index contributed by atoms with van der Waals surface area (Å²) in [5.41, 5.74) is 1.34. The predicted molar refractivity (Wildman–Crippen MR) is 115 cm³/mol. The van der Waals surface area contributed by atoms with Gasteiger partial charge in [0, 0.05) is 11.3 Å². The van der Waals surface area contributed by atoms with Gasteiger partial charge in [0.05, 0.1) is 18.2 Å². The smallest absolute Gasteiger partial charge is 0.300 e. The number of halogens is 1. The first kappa shape index (κ1) is 20.3. The molecule has 0 spiro atoms. The van der Waals surface area contributed by atoms with Gasteiger partial charge in [0.1, 0.15) is 17.3 Å². The van der Waals surface area contributed by atoms with E-state index in [0.717, 1.165) is 0 Å². The second-order valence-corrected chi connectivity index (χ2v) is 7.01. The number of hydrogen-bond donors (Lipinski definition) is 1. The van der Waals surface area contributed by atoms with Crippen molar-refractivity contribution in [3.05, 3.63) is 101 Å². The van der Waals surface area contributed by atoms with Crippen LogP contribution in [0.4, 0.5) is 10.1 Å². The molecule has 1 atom stereocenters. The molecule has 6 heteroatoms. The van der Waals surface area contributed by atoms with Gasteiger partial charge >= 0.3 is 0 Å². The molecule has 1 fully saturated rings. The van der Waals surface area contributed by atoms with E-state index >= 15 is 0 Å². The summed E-state index contributed by atoms with van der Waals surface area (Å²) in [4.78, 5) is 27.4. The molecule has 0 bridgehead atoms. The molecule has 1 heterocycles. The maximum atomic E-state index is 13.6. The number of aliphatic hydroxyl groups is 1. The minimum atomic E-state index is -0.904.